The van der Waals surface area contributed by atoms with Crippen LogP contribution in [0.15, 0.2) is 0 Å². The van der Waals surface area contributed by atoms with Crippen molar-refractivity contribution in [2.45, 2.75) is 12.8 Å². The second kappa shape index (κ2) is 2.34. The van der Waals surface area contributed by atoms with E-state index in [-0.39, 0.29) is 0 Å². The zero-order valence-corrected chi connectivity index (χ0v) is 6.00. The third-order valence-electron chi connectivity index (χ3n) is 1.74. The van der Waals surface area contributed by atoms with Gasteiger partial charge in [0.1, 0.15) is 0 Å². The summed E-state index contributed by atoms with van der Waals surface area (Å²) in [5, 5.41) is 1.90. The van der Waals surface area contributed by atoms with Crippen LogP contribution in [0.25, 0.3) is 12.2 Å². The smallest absolute Gasteiger partial charge is 0.185 e. The lowest BCUT2D eigenvalue weighted by molar-refractivity contribution is 0.111. The molecule has 0 bridgehead atoms. The highest BCUT2D eigenvalue weighted by atomic mass is 16.1. The maximum absolute atomic E-state index is 10.3. The van der Waals surface area contributed by atoms with Gasteiger partial charge in [-0.05, 0) is 12.8 Å². The molecule has 1 aromatic heterocycles. The molecule has 0 saturated carbocycles. The van der Waals surface area contributed by atoms with Crippen molar-refractivity contribution < 1.29 is 4.79 Å². The minimum absolute atomic E-state index is 0.421. The fourth-order valence-corrected chi connectivity index (χ4v) is 1.23. The van der Waals surface area contributed by atoms with E-state index in [9.17, 15) is 4.79 Å². The predicted octanol–water partition coefficient (Wildman–Crippen LogP) is -0.423. The van der Waals surface area contributed by atoms with Crippen LogP contribution in [-0.2, 0) is 0 Å². The molecule has 3 nitrogen and oxygen atoms in total. The predicted molar refractivity (Wildman–Crippen MR) is 41.4 cm³/mol. The molecule has 0 fully saturated rings. The summed E-state index contributed by atoms with van der Waals surface area (Å²) >= 11 is 0. The van der Waals surface area contributed by atoms with Gasteiger partial charge in [-0.3, -0.25) is 4.79 Å². The third-order valence-corrected chi connectivity index (χ3v) is 1.74. The summed E-state index contributed by atoms with van der Waals surface area (Å²) < 4.78 is 0. The standard InChI is InChI=1S/C8H8N2O/c11-5-8-9-6-3-1-2-4-7(6)10-8/h3-5H,1-2H2,(H,9,10). The molecule has 1 aliphatic carbocycles. The van der Waals surface area contributed by atoms with E-state index in [0.717, 1.165) is 29.8 Å². The lowest BCUT2D eigenvalue weighted by Crippen LogP contribution is -2.26. The second-order valence-electron chi connectivity index (χ2n) is 2.52. The lowest BCUT2D eigenvalue weighted by atomic mass is 10.2. The Bertz CT molecular complexity index is 355. The summed E-state index contributed by atoms with van der Waals surface area (Å²) in [5.41, 5.74) is 0. The van der Waals surface area contributed by atoms with E-state index < -0.39 is 0 Å². The SMILES string of the molecule is O=Cc1nc2c([nH]1)=CCCC=2. The minimum Gasteiger partial charge on any atom is -0.336 e. The van der Waals surface area contributed by atoms with E-state index in [1.165, 1.54) is 0 Å². The molecule has 0 radical (unpaired) electrons. The van der Waals surface area contributed by atoms with Crippen LogP contribution in [0.4, 0.5) is 0 Å². The summed E-state index contributed by atoms with van der Waals surface area (Å²) in [6.07, 6.45) is 6.90. The molecule has 0 atom stereocenters. The molecule has 11 heavy (non-hydrogen) atoms. The van der Waals surface area contributed by atoms with Gasteiger partial charge < -0.3 is 4.98 Å². The van der Waals surface area contributed by atoms with Crippen LogP contribution in [0, 0.1) is 0 Å². The maximum Gasteiger partial charge on any atom is 0.185 e. The number of nitrogens with zero attached hydrogens (tertiary/aromatic N) is 1. The lowest BCUT2D eigenvalue weighted by Gasteiger charge is -1.89. The zero-order chi connectivity index (χ0) is 7.68. The van der Waals surface area contributed by atoms with Gasteiger partial charge in [-0.1, -0.05) is 12.2 Å². The van der Waals surface area contributed by atoms with Gasteiger partial charge in [0.15, 0.2) is 12.1 Å². The summed E-state index contributed by atoms with van der Waals surface area (Å²) in [4.78, 5) is 17.3. The van der Waals surface area contributed by atoms with Crippen molar-refractivity contribution >= 4 is 18.4 Å². The Morgan fingerprint density at radius 1 is 1.45 bits per heavy atom. The van der Waals surface area contributed by atoms with Gasteiger partial charge in [0.2, 0.25) is 0 Å². The molecule has 0 aliphatic heterocycles. The summed E-state index contributed by atoms with van der Waals surface area (Å²) in [6.45, 7) is 0. The molecule has 1 aliphatic rings. The number of nitrogens with one attached hydrogen (secondary N) is 1. The van der Waals surface area contributed by atoms with Crippen LogP contribution < -0.4 is 10.7 Å². The van der Waals surface area contributed by atoms with Gasteiger partial charge in [0.25, 0.3) is 0 Å². The number of hydrogen-bond acceptors (Lipinski definition) is 2. The quantitative estimate of drug-likeness (QED) is 0.550. The van der Waals surface area contributed by atoms with Crippen molar-refractivity contribution in [2.75, 3.05) is 0 Å². The summed E-state index contributed by atoms with van der Waals surface area (Å²) in [7, 11) is 0. The average Bonchev–Trinajstić information content (AvgIpc) is 2.46. The molecule has 1 aromatic rings. The van der Waals surface area contributed by atoms with E-state index >= 15 is 0 Å². The first-order chi connectivity index (χ1) is 5.40. The highest BCUT2D eigenvalue weighted by Gasteiger charge is 1.98. The molecular formula is C8H8N2O. The largest absolute Gasteiger partial charge is 0.336 e. The fraction of sp³-hybridized carbons (Fsp3) is 0.250. The highest BCUT2D eigenvalue weighted by molar-refractivity contribution is 5.68. The van der Waals surface area contributed by atoms with Crippen molar-refractivity contribution in [1.29, 1.82) is 0 Å². The van der Waals surface area contributed by atoms with Gasteiger partial charge in [-0.15, -0.1) is 0 Å². The average molecular weight is 148 g/mol. The van der Waals surface area contributed by atoms with E-state index in [1.807, 2.05) is 6.08 Å². The number of aromatic amines is 1. The summed E-state index contributed by atoms with van der Waals surface area (Å²) in [6, 6.07) is 0. The molecule has 0 amide bonds. The van der Waals surface area contributed by atoms with Crippen LogP contribution in [0.2, 0.25) is 0 Å². The van der Waals surface area contributed by atoms with E-state index in [1.54, 1.807) is 0 Å². The Morgan fingerprint density at radius 2 is 2.27 bits per heavy atom. The molecule has 1 heterocycles. The van der Waals surface area contributed by atoms with Crippen molar-refractivity contribution in [2.24, 2.45) is 0 Å². The van der Waals surface area contributed by atoms with Crippen LogP contribution in [0.5, 0.6) is 0 Å². The van der Waals surface area contributed by atoms with Crippen molar-refractivity contribution in [3.63, 3.8) is 0 Å². The van der Waals surface area contributed by atoms with Crippen molar-refractivity contribution in [1.82, 2.24) is 9.97 Å². The Balaban J connectivity index is 2.75. The topological polar surface area (TPSA) is 45.8 Å². The first-order valence-electron chi connectivity index (χ1n) is 3.62. The molecule has 0 saturated heterocycles. The van der Waals surface area contributed by atoms with Gasteiger partial charge in [-0.25, -0.2) is 4.98 Å². The molecule has 0 unspecified atom stereocenters. The zero-order valence-electron chi connectivity index (χ0n) is 6.00. The molecule has 0 spiro atoms. The van der Waals surface area contributed by atoms with Crippen molar-refractivity contribution in [3.8, 4) is 0 Å². The number of imidazole rings is 1. The monoisotopic (exact) mass is 148 g/mol. The number of rotatable bonds is 1. The number of fused-ring (bicyclic) bond motifs is 1. The van der Waals surface area contributed by atoms with E-state index in [2.05, 4.69) is 16.0 Å². The minimum atomic E-state index is 0.421. The van der Waals surface area contributed by atoms with Crippen LogP contribution >= 0.6 is 0 Å². The fourth-order valence-electron chi connectivity index (χ4n) is 1.23. The number of aromatic nitrogens is 2. The number of H-pyrrole nitrogens is 1. The Labute approximate surface area is 63.5 Å². The number of hydrogen-bond donors (Lipinski definition) is 1. The first kappa shape index (κ1) is 6.34. The Hall–Kier alpha value is -1.38. The Morgan fingerprint density at radius 3 is 3.00 bits per heavy atom. The van der Waals surface area contributed by atoms with Crippen LogP contribution in [0.1, 0.15) is 23.5 Å². The van der Waals surface area contributed by atoms with E-state index in [4.69, 9.17) is 0 Å². The van der Waals surface area contributed by atoms with E-state index in [0.29, 0.717) is 5.82 Å². The molecule has 2 rings (SSSR count). The Kier molecular flexibility index (Phi) is 1.35. The van der Waals surface area contributed by atoms with Crippen LogP contribution in [0.3, 0.4) is 0 Å². The number of carbonyl (C=O) groups is 1. The first-order valence-corrected chi connectivity index (χ1v) is 3.62. The molecular weight excluding hydrogens is 140 g/mol. The van der Waals surface area contributed by atoms with Crippen molar-refractivity contribution in [3.05, 3.63) is 16.5 Å². The number of carbonyl (C=O) groups excluding carboxylic acids is 1. The molecule has 56 valence electrons. The van der Waals surface area contributed by atoms with Gasteiger partial charge >= 0.3 is 0 Å². The van der Waals surface area contributed by atoms with Gasteiger partial charge in [0, 0.05) is 0 Å². The maximum atomic E-state index is 10.3. The third kappa shape index (κ3) is 0.981. The highest BCUT2D eigenvalue weighted by Crippen LogP contribution is 1.93. The molecule has 3 heteroatoms. The second-order valence-corrected chi connectivity index (χ2v) is 2.52. The normalized spacial score (nSPS) is 14.5. The summed E-state index contributed by atoms with van der Waals surface area (Å²) in [5.74, 6) is 0.421. The van der Waals surface area contributed by atoms with Gasteiger partial charge in [-0.2, -0.15) is 0 Å². The number of aldehydes is 1. The molecule has 0 aromatic carbocycles. The molecule has 1 N–H and O–H groups in total. The van der Waals surface area contributed by atoms with Crippen LogP contribution in [-0.4, -0.2) is 16.3 Å². The van der Waals surface area contributed by atoms with Gasteiger partial charge in [0.05, 0.1) is 10.7 Å².